The van der Waals surface area contributed by atoms with E-state index >= 15 is 0 Å². The third kappa shape index (κ3) is 4.71. The number of nitriles is 1. The maximum Gasteiger partial charge on any atom is 0.272 e. The van der Waals surface area contributed by atoms with Crippen LogP contribution in [0.1, 0.15) is 41.7 Å². The minimum Gasteiger partial charge on any atom is -0.490 e. The Kier molecular flexibility index (Phi) is 6.07. The summed E-state index contributed by atoms with van der Waals surface area (Å²) in [5.74, 6) is 0.495. The fourth-order valence-corrected chi connectivity index (χ4v) is 3.42. The molecule has 0 saturated heterocycles. The minimum atomic E-state index is -0.241. The fraction of sp³-hybridized carbons (Fsp3) is 0.333. The standard InChI is InChI=1S/C18H16BrClN4O2/c19-15-9-14(4-1-11(15)10-21)26-13-5-2-12(3-6-13)22-18(25)16-7-8-17(20)24-23-16/h1,4,7-9,12-13H,2-3,5-6H2,(H,22,25). The predicted octanol–water partition coefficient (Wildman–Crippen LogP) is 3.88. The molecule has 2 aromatic rings. The van der Waals surface area contributed by atoms with E-state index in [-0.39, 0.29) is 28.9 Å². The summed E-state index contributed by atoms with van der Waals surface area (Å²) in [5.41, 5.74) is 0.837. The number of nitrogens with one attached hydrogen (secondary N) is 1. The van der Waals surface area contributed by atoms with Gasteiger partial charge in [-0.1, -0.05) is 11.6 Å². The Morgan fingerprint density at radius 3 is 2.62 bits per heavy atom. The Morgan fingerprint density at radius 2 is 2.00 bits per heavy atom. The van der Waals surface area contributed by atoms with Crippen LogP contribution in [0.15, 0.2) is 34.8 Å². The highest BCUT2D eigenvalue weighted by Gasteiger charge is 2.24. The highest BCUT2D eigenvalue weighted by atomic mass is 79.9. The van der Waals surface area contributed by atoms with Crippen LogP contribution in [0.3, 0.4) is 0 Å². The van der Waals surface area contributed by atoms with Crippen molar-refractivity contribution in [3.8, 4) is 11.8 Å². The second-order valence-corrected chi connectivity index (χ2v) is 7.30. The first-order valence-electron chi connectivity index (χ1n) is 8.21. The number of ether oxygens (including phenoxy) is 1. The quantitative estimate of drug-likeness (QED) is 0.787. The van der Waals surface area contributed by atoms with Crippen LogP contribution in [-0.2, 0) is 0 Å². The lowest BCUT2D eigenvalue weighted by atomic mass is 9.93. The predicted molar refractivity (Wildman–Crippen MR) is 100 cm³/mol. The zero-order valence-corrected chi connectivity index (χ0v) is 16.1. The maximum absolute atomic E-state index is 12.2. The van der Waals surface area contributed by atoms with Gasteiger partial charge < -0.3 is 10.1 Å². The zero-order chi connectivity index (χ0) is 18.5. The van der Waals surface area contributed by atoms with Crippen molar-refractivity contribution in [2.24, 2.45) is 0 Å². The zero-order valence-electron chi connectivity index (χ0n) is 13.8. The molecule has 26 heavy (non-hydrogen) atoms. The molecule has 8 heteroatoms. The van der Waals surface area contributed by atoms with Gasteiger partial charge in [0.25, 0.3) is 5.91 Å². The van der Waals surface area contributed by atoms with Gasteiger partial charge in [0, 0.05) is 10.5 Å². The molecule has 1 aliphatic carbocycles. The molecule has 6 nitrogen and oxygen atoms in total. The molecule has 1 fully saturated rings. The number of hydrogen-bond acceptors (Lipinski definition) is 5. The number of rotatable bonds is 4. The van der Waals surface area contributed by atoms with Crippen molar-refractivity contribution in [3.05, 3.63) is 51.2 Å². The van der Waals surface area contributed by atoms with Gasteiger partial charge in [0.2, 0.25) is 0 Å². The Hall–Kier alpha value is -2.17. The molecule has 1 aromatic heterocycles. The van der Waals surface area contributed by atoms with Gasteiger partial charge in [-0.2, -0.15) is 5.26 Å². The summed E-state index contributed by atoms with van der Waals surface area (Å²) in [6.07, 6.45) is 3.44. The van der Waals surface area contributed by atoms with E-state index in [1.165, 1.54) is 0 Å². The fourth-order valence-electron chi connectivity index (χ4n) is 2.87. The van der Waals surface area contributed by atoms with Crippen LogP contribution in [0.5, 0.6) is 5.75 Å². The van der Waals surface area contributed by atoms with Crippen LogP contribution in [0.25, 0.3) is 0 Å². The number of amides is 1. The van der Waals surface area contributed by atoms with E-state index < -0.39 is 0 Å². The molecule has 1 aromatic carbocycles. The van der Waals surface area contributed by atoms with Crippen molar-refractivity contribution >= 4 is 33.4 Å². The number of carbonyl (C=O) groups excluding carboxylic acids is 1. The van der Waals surface area contributed by atoms with E-state index in [1.54, 1.807) is 24.3 Å². The molecule has 0 spiro atoms. The van der Waals surface area contributed by atoms with Gasteiger partial charge in [0.15, 0.2) is 10.8 Å². The van der Waals surface area contributed by atoms with Gasteiger partial charge in [0.1, 0.15) is 11.8 Å². The molecular formula is C18H16BrClN4O2. The van der Waals surface area contributed by atoms with Crippen molar-refractivity contribution in [2.75, 3.05) is 0 Å². The summed E-state index contributed by atoms with van der Waals surface area (Å²) in [6, 6.07) is 10.6. The van der Waals surface area contributed by atoms with E-state index in [9.17, 15) is 4.79 Å². The van der Waals surface area contributed by atoms with E-state index in [2.05, 4.69) is 37.5 Å². The second kappa shape index (κ2) is 8.47. The van der Waals surface area contributed by atoms with Gasteiger partial charge in [-0.25, -0.2) is 0 Å². The van der Waals surface area contributed by atoms with Crippen molar-refractivity contribution in [1.82, 2.24) is 15.5 Å². The average Bonchev–Trinajstić information content (AvgIpc) is 2.64. The van der Waals surface area contributed by atoms with Crippen LogP contribution in [0.2, 0.25) is 5.15 Å². The van der Waals surface area contributed by atoms with E-state index in [4.69, 9.17) is 21.6 Å². The first kappa shape index (κ1) is 18.6. The molecule has 0 bridgehead atoms. The van der Waals surface area contributed by atoms with Crippen molar-refractivity contribution in [1.29, 1.82) is 5.26 Å². The normalized spacial score (nSPS) is 19.4. The Bertz CT molecular complexity index is 830. The van der Waals surface area contributed by atoms with Crippen molar-refractivity contribution in [2.45, 2.75) is 37.8 Å². The highest BCUT2D eigenvalue weighted by Crippen LogP contribution is 2.27. The maximum atomic E-state index is 12.2. The second-order valence-electron chi connectivity index (χ2n) is 6.06. The number of nitrogens with zero attached hydrogens (tertiary/aromatic N) is 3. The van der Waals surface area contributed by atoms with Crippen LogP contribution in [-0.4, -0.2) is 28.3 Å². The summed E-state index contributed by atoms with van der Waals surface area (Å²) < 4.78 is 6.72. The molecule has 0 radical (unpaired) electrons. The molecule has 0 aliphatic heterocycles. The summed E-state index contributed by atoms with van der Waals surface area (Å²) >= 11 is 9.05. The molecule has 134 valence electrons. The summed E-state index contributed by atoms with van der Waals surface area (Å²) in [7, 11) is 0. The molecule has 1 heterocycles. The smallest absolute Gasteiger partial charge is 0.272 e. The van der Waals surface area contributed by atoms with Gasteiger partial charge in [-0.3, -0.25) is 4.79 Å². The van der Waals surface area contributed by atoms with Gasteiger partial charge in [0.05, 0.1) is 11.7 Å². The number of hydrogen-bond donors (Lipinski definition) is 1. The molecule has 0 atom stereocenters. The first-order valence-corrected chi connectivity index (χ1v) is 9.38. The third-order valence-corrected chi connectivity index (χ3v) is 5.10. The molecule has 1 N–H and O–H groups in total. The van der Waals surface area contributed by atoms with Crippen molar-refractivity contribution in [3.63, 3.8) is 0 Å². The molecule has 1 aliphatic rings. The molecule has 1 saturated carbocycles. The molecule has 1 amide bonds. The van der Waals surface area contributed by atoms with Crippen LogP contribution in [0.4, 0.5) is 0 Å². The van der Waals surface area contributed by atoms with E-state index in [0.717, 1.165) is 35.9 Å². The van der Waals surface area contributed by atoms with Crippen LogP contribution >= 0.6 is 27.5 Å². The lowest BCUT2D eigenvalue weighted by molar-refractivity contribution is 0.0888. The minimum absolute atomic E-state index is 0.0903. The lowest BCUT2D eigenvalue weighted by Gasteiger charge is -2.29. The molecular weight excluding hydrogens is 420 g/mol. The van der Waals surface area contributed by atoms with Crippen molar-refractivity contribution < 1.29 is 9.53 Å². The lowest BCUT2D eigenvalue weighted by Crippen LogP contribution is -2.40. The monoisotopic (exact) mass is 434 g/mol. The Labute approximate surface area is 164 Å². The SMILES string of the molecule is N#Cc1ccc(OC2CCC(NC(=O)c3ccc(Cl)nn3)CC2)cc1Br. The topological polar surface area (TPSA) is 87.9 Å². The summed E-state index contributed by atoms with van der Waals surface area (Å²) in [6.45, 7) is 0. The van der Waals surface area contributed by atoms with Gasteiger partial charge >= 0.3 is 0 Å². The molecule has 3 rings (SSSR count). The average molecular weight is 436 g/mol. The Morgan fingerprint density at radius 1 is 1.23 bits per heavy atom. The van der Waals surface area contributed by atoms with Crippen LogP contribution < -0.4 is 10.1 Å². The number of benzene rings is 1. The Balaban J connectivity index is 1.49. The third-order valence-electron chi connectivity index (χ3n) is 4.24. The van der Waals surface area contributed by atoms with Crippen LogP contribution in [0, 0.1) is 11.3 Å². The first-order chi connectivity index (χ1) is 12.5. The highest BCUT2D eigenvalue weighted by molar-refractivity contribution is 9.10. The summed E-state index contributed by atoms with van der Waals surface area (Å²) in [5, 5.41) is 19.7. The van der Waals surface area contributed by atoms with E-state index in [0.29, 0.717) is 5.56 Å². The van der Waals surface area contributed by atoms with Gasteiger partial charge in [-0.15, -0.1) is 10.2 Å². The van der Waals surface area contributed by atoms with E-state index in [1.807, 2.05) is 6.07 Å². The number of aromatic nitrogens is 2. The summed E-state index contributed by atoms with van der Waals surface area (Å²) in [4.78, 5) is 12.2. The number of halogens is 2. The largest absolute Gasteiger partial charge is 0.490 e. The number of carbonyl (C=O) groups is 1. The molecule has 0 unspecified atom stereocenters. The van der Waals surface area contributed by atoms with Gasteiger partial charge in [-0.05, 0) is 71.9 Å².